The molecule has 1 aliphatic carbocycles. The third kappa shape index (κ3) is 2.46. The van der Waals surface area contributed by atoms with Gasteiger partial charge in [-0.25, -0.2) is 0 Å². The number of nitrogens with one attached hydrogen (secondary N) is 1. The molecule has 2 rings (SSSR count). The molecule has 0 atom stereocenters. The Labute approximate surface area is 99.3 Å². The van der Waals surface area contributed by atoms with Gasteiger partial charge in [-0.3, -0.25) is 0 Å². The summed E-state index contributed by atoms with van der Waals surface area (Å²) in [4.78, 5) is 0. The molecule has 0 heterocycles. The minimum atomic E-state index is 0.769. The lowest BCUT2D eigenvalue weighted by Gasteiger charge is -2.37. The van der Waals surface area contributed by atoms with Crippen LogP contribution in [0.5, 0.6) is 0 Å². The van der Waals surface area contributed by atoms with Gasteiger partial charge in [-0.1, -0.05) is 30.7 Å². The molecule has 88 valence electrons. The first-order valence-electron chi connectivity index (χ1n) is 6.51. The van der Waals surface area contributed by atoms with Crippen molar-refractivity contribution in [2.24, 2.45) is 0 Å². The molecular formula is C15H23N. The van der Waals surface area contributed by atoms with Gasteiger partial charge in [0, 0.05) is 6.04 Å². The minimum Gasteiger partial charge on any atom is -0.314 e. The van der Waals surface area contributed by atoms with E-state index >= 15 is 0 Å². The Bertz CT molecular complexity index is 350. The highest BCUT2D eigenvalue weighted by molar-refractivity contribution is 5.34. The summed E-state index contributed by atoms with van der Waals surface area (Å²) in [5, 5.41) is 3.60. The average Bonchev–Trinajstić information content (AvgIpc) is 2.18. The molecule has 1 fully saturated rings. The van der Waals surface area contributed by atoms with Crippen LogP contribution in [0.2, 0.25) is 0 Å². The monoisotopic (exact) mass is 217 g/mol. The van der Waals surface area contributed by atoms with Crippen molar-refractivity contribution in [2.45, 2.75) is 52.0 Å². The van der Waals surface area contributed by atoms with Crippen molar-refractivity contribution in [1.82, 2.24) is 5.32 Å². The largest absolute Gasteiger partial charge is 0.314 e. The van der Waals surface area contributed by atoms with E-state index in [0.29, 0.717) is 0 Å². The van der Waals surface area contributed by atoms with Crippen molar-refractivity contribution >= 4 is 0 Å². The van der Waals surface area contributed by atoms with E-state index in [4.69, 9.17) is 0 Å². The molecule has 1 nitrogen and oxygen atoms in total. The van der Waals surface area contributed by atoms with Gasteiger partial charge in [0.15, 0.2) is 0 Å². The molecule has 1 aliphatic rings. The van der Waals surface area contributed by atoms with Crippen molar-refractivity contribution in [3.63, 3.8) is 0 Å². The van der Waals surface area contributed by atoms with Gasteiger partial charge in [0.1, 0.15) is 0 Å². The summed E-state index contributed by atoms with van der Waals surface area (Å²) in [5.41, 5.74) is 4.42. The van der Waals surface area contributed by atoms with Gasteiger partial charge in [-0.05, 0) is 56.7 Å². The highest BCUT2D eigenvalue weighted by Crippen LogP contribution is 2.38. The first kappa shape index (κ1) is 11.7. The molecule has 0 aromatic heterocycles. The molecular weight excluding hydrogens is 194 g/mol. The molecule has 1 N–H and O–H groups in total. The predicted molar refractivity (Wildman–Crippen MR) is 70.0 cm³/mol. The van der Waals surface area contributed by atoms with E-state index in [1.54, 1.807) is 5.56 Å². The molecule has 0 radical (unpaired) electrons. The number of rotatable bonds is 4. The zero-order valence-corrected chi connectivity index (χ0v) is 10.7. The lowest BCUT2D eigenvalue weighted by atomic mass is 9.74. The summed E-state index contributed by atoms with van der Waals surface area (Å²) >= 11 is 0. The molecule has 1 saturated carbocycles. The summed E-state index contributed by atoms with van der Waals surface area (Å²) in [5.74, 6) is 0.801. The Morgan fingerprint density at radius 3 is 2.62 bits per heavy atom. The van der Waals surface area contributed by atoms with Gasteiger partial charge < -0.3 is 5.32 Å². The fourth-order valence-corrected chi connectivity index (χ4v) is 2.67. The zero-order chi connectivity index (χ0) is 11.5. The highest BCUT2D eigenvalue weighted by Gasteiger charge is 2.30. The van der Waals surface area contributed by atoms with E-state index in [1.807, 2.05) is 0 Å². The van der Waals surface area contributed by atoms with Crippen LogP contribution in [-0.2, 0) is 0 Å². The second-order valence-electron chi connectivity index (χ2n) is 5.18. The van der Waals surface area contributed by atoms with Gasteiger partial charge in [0.05, 0.1) is 0 Å². The van der Waals surface area contributed by atoms with Crippen LogP contribution >= 0.6 is 0 Å². The SMILES string of the molecule is CCCNC1CC(c2ccc(C)cc2C)C1. The predicted octanol–water partition coefficient (Wildman–Crippen LogP) is 3.55. The molecule has 0 spiro atoms. The Morgan fingerprint density at radius 1 is 1.25 bits per heavy atom. The second kappa shape index (κ2) is 5.01. The smallest absolute Gasteiger partial charge is 0.00787 e. The maximum atomic E-state index is 3.60. The Balaban J connectivity index is 1.91. The summed E-state index contributed by atoms with van der Waals surface area (Å²) < 4.78 is 0. The fourth-order valence-electron chi connectivity index (χ4n) is 2.67. The van der Waals surface area contributed by atoms with Crippen LogP contribution in [0.15, 0.2) is 18.2 Å². The molecule has 1 aromatic carbocycles. The first-order valence-corrected chi connectivity index (χ1v) is 6.51. The summed E-state index contributed by atoms with van der Waals surface area (Å²) in [6.07, 6.45) is 3.89. The van der Waals surface area contributed by atoms with Gasteiger partial charge >= 0.3 is 0 Å². The van der Waals surface area contributed by atoms with Gasteiger partial charge in [-0.15, -0.1) is 0 Å². The van der Waals surface area contributed by atoms with Crippen LogP contribution in [0.3, 0.4) is 0 Å². The van der Waals surface area contributed by atoms with E-state index in [1.165, 1.54) is 36.9 Å². The van der Waals surface area contributed by atoms with Crippen LogP contribution in [0.25, 0.3) is 0 Å². The molecule has 0 bridgehead atoms. The molecule has 1 heteroatoms. The molecule has 1 aromatic rings. The molecule has 0 aliphatic heterocycles. The van der Waals surface area contributed by atoms with Crippen molar-refractivity contribution in [1.29, 1.82) is 0 Å². The zero-order valence-electron chi connectivity index (χ0n) is 10.7. The third-order valence-corrected chi connectivity index (χ3v) is 3.69. The van der Waals surface area contributed by atoms with Gasteiger partial charge in [-0.2, -0.15) is 0 Å². The van der Waals surface area contributed by atoms with E-state index in [-0.39, 0.29) is 0 Å². The van der Waals surface area contributed by atoms with Crippen LogP contribution in [-0.4, -0.2) is 12.6 Å². The molecule has 0 amide bonds. The number of aryl methyl sites for hydroxylation is 2. The third-order valence-electron chi connectivity index (χ3n) is 3.69. The second-order valence-corrected chi connectivity index (χ2v) is 5.18. The number of benzene rings is 1. The standard InChI is InChI=1S/C15H23N/c1-4-7-16-14-9-13(10-14)15-6-5-11(2)8-12(15)3/h5-6,8,13-14,16H,4,7,9-10H2,1-3H3. The van der Waals surface area contributed by atoms with Gasteiger partial charge in [0.2, 0.25) is 0 Å². The average molecular weight is 217 g/mol. The van der Waals surface area contributed by atoms with Crippen molar-refractivity contribution in [3.8, 4) is 0 Å². The van der Waals surface area contributed by atoms with Crippen LogP contribution < -0.4 is 5.32 Å². The van der Waals surface area contributed by atoms with Crippen molar-refractivity contribution in [2.75, 3.05) is 6.54 Å². The number of hydrogen-bond donors (Lipinski definition) is 1. The van der Waals surface area contributed by atoms with E-state index in [2.05, 4.69) is 44.3 Å². The summed E-state index contributed by atoms with van der Waals surface area (Å²) in [6.45, 7) is 7.82. The Morgan fingerprint density at radius 2 is 2.00 bits per heavy atom. The Kier molecular flexibility index (Phi) is 3.65. The Hall–Kier alpha value is -0.820. The van der Waals surface area contributed by atoms with E-state index in [9.17, 15) is 0 Å². The lowest BCUT2D eigenvalue weighted by Crippen LogP contribution is -2.40. The van der Waals surface area contributed by atoms with Crippen LogP contribution in [0, 0.1) is 13.8 Å². The van der Waals surface area contributed by atoms with Crippen LogP contribution in [0.1, 0.15) is 48.8 Å². The maximum absolute atomic E-state index is 3.60. The van der Waals surface area contributed by atoms with Crippen molar-refractivity contribution < 1.29 is 0 Å². The van der Waals surface area contributed by atoms with E-state index in [0.717, 1.165) is 12.0 Å². The molecule has 16 heavy (non-hydrogen) atoms. The highest BCUT2D eigenvalue weighted by atomic mass is 14.9. The van der Waals surface area contributed by atoms with Crippen molar-refractivity contribution in [3.05, 3.63) is 34.9 Å². The summed E-state index contributed by atoms with van der Waals surface area (Å²) in [7, 11) is 0. The summed E-state index contributed by atoms with van der Waals surface area (Å²) in [6, 6.07) is 7.65. The maximum Gasteiger partial charge on any atom is 0.00787 e. The first-order chi connectivity index (χ1) is 7.70. The molecule has 0 saturated heterocycles. The minimum absolute atomic E-state index is 0.769. The lowest BCUT2D eigenvalue weighted by molar-refractivity contribution is 0.291. The topological polar surface area (TPSA) is 12.0 Å². The number of hydrogen-bond acceptors (Lipinski definition) is 1. The van der Waals surface area contributed by atoms with Crippen LogP contribution in [0.4, 0.5) is 0 Å². The molecule has 0 unspecified atom stereocenters. The van der Waals surface area contributed by atoms with Gasteiger partial charge in [0.25, 0.3) is 0 Å². The normalized spacial score (nSPS) is 24.2. The van der Waals surface area contributed by atoms with E-state index < -0.39 is 0 Å². The quantitative estimate of drug-likeness (QED) is 0.813. The fraction of sp³-hybridized carbons (Fsp3) is 0.600.